The van der Waals surface area contributed by atoms with Crippen molar-refractivity contribution < 1.29 is 14.6 Å². The summed E-state index contributed by atoms with van der Waals surface area (Å²) in [5.74, 6) is 0.675. The number of phenols is 1. The Hall–Kier alpha value is -1.75. The molecule has 0 saturated heterocycles. The molecule has 1 unspecified atom stereocenters. The average molecular weight is 294 g/mol. The molecule has 5 heteroatoms. The Bertz CT molecular complexity index is 459. The summed E-state index contributed by atoms with van der Waals surface area (Å²) in [5, 5.41) is 13.3. The maximum absolute atomic E-state index is 12.2. The van der Waals surface area contributed by atoms with Gasteiger partial charge >= 0.3 is 0 Å². The highest BCUT2D eigenvalue weighted by molar-refractivity contribution is 5.81. The van der Waals surface area contributed by atoms with Crippen molar-refractivity contribution in [3.05, 3.63) is 23.8 Å². The molecule has 0 aromatic heterocycles. The molecule has 0 aliphatic heterocycles. The molecule has 0 spiro atoms. The van der Waals surface area contributed by atoms with Crippen LogP contribution in [0.15, 0.2) is 18.2 Å². The summed E-state index contributed by atoms with van der Waals surface area (Å²) in [6.45, 7) is 9.96. The lowest BCUT2D eigenvalue weighted by atomic mass is 10.1. The normalized spacial score (nSPS) is 12.0. The summed E-state index contributed by atoms with van der Waals surface area (Å²) >= 11 is 0. The Morgan fingerprint density at radius 2 is 2.00 bits per heavy atom. The van der Waals surface area contributed by atoms with E-state index >= 15 is 0 Å². The third-order valence-corrected chi connectivity index (χ3v) is 3.43. The van der Waals surface area contributed by atoms with Gasteiger partial charge in [0, 0.05) is 25.2 Å². The van der Waals surface area contributed by atoms with Gasteiger partial charge in [-0.05, 0) is 33.8 Å². The van der Waals surface area contributed by atoms with Crippen LogP contribution >= 0.6 is 0 Å². The lowest BCUT2D eigenvalue weighted by molar-refractivity contribution is -0.132. The van der Waals surface area contributed by atoms with E-state index in [1.807, 2.05) is 39.8 Å². The van der Waals surface area contributed by atoms with Crippen molar-refractivity contribution in [2.45, 2.75) is 40.3 Å². The third-order valence-electron chi connectivity index (χ3n) is 3.43. The molecular weight excluding hydrogens is 268 g/mol. The van der Waals surface area contributed by atoms with Crippen LogP contribution < -0.4 is 10.1 Å². The fraction of sp³-hybridized carbons (Fsp3) is 0.562. The molecule has 21 heavy (non-hydrogen) atoms. The van der Waals surface area contributed by atoms with Gasteiger partial charge in [0.1, 0.15) is 0 Å². The van der Waals surface area contributed by atoms with Crippen molar-refractivity contribution in [1.82, 2.24) is 10.2 Å². The minimum Gasteiger partial charge on any atom is -0.504 e. The molecule has 1 rings (SSSR count). The molecule has 1 amide bonds. The maximum Gasteiger partial charge on any atom is 0.239 e. The number of hydrogen-bond acceptors (Lipinski definition) is 4. The second kappa shape index (κ2) is 8.52. The van der Waals surface area contributed by atoms with E-state index in [1.165, 1.54) is 0 Å². The number of carbonyl (C=O) groups is 1. The monoisotopic (exact) mass is 294 g/mol. The van der Waals surface area contributed by atoms with Crippen LogP contribution in [0.25, 0.3) is 0 Å². The number of amides is 1. The Morgan fingerprint density at radius 1 is 1.33 bits per heavy atom. The number of rotatable bonds is 8. The number of hydrogen-bond donors (Lipinski definition) is 2. The fourth-order valence-corrected chi connectivity index (χ4v) is 2.14. The van der Waals surface area contributed by atoms with E-state index in [0.717, 1.165) is 5.56 Å². The molecule has 2 N–H and O–H groups in total. The lowest BCUT2D eigenvalue weighted by Gasteiger charge is -2.23. The molecule has 0 aliphatic carbocycles. The Balaban J connectivity index is 2.67. The number of nitrogens with zero attached hydrogens (tertiary/aromatic N) is 1. The highest BCUT2D eigenvalue weighted by Crippen LogP contribution is 2.29. The molecule has 0 aliphatic rings. The number of nitrogens with one attached hydrogen (secondary N) is 1. The van der Waals surface area contributed by atoms with Crippen molar-refractivity contribution in [3.63, 3.8) is 0 Å². The zero-order chi connectivity index (χ0) is 15.8. The molecular formula is C16H26N2O3. The first-order valence-electron chi connectivity index (χ1n) is 7.50. The van der Waals surface area contributed by atoms with Crippen LogP contribution in [0, 0.1) is 0 Å². The van der Waals surface area contributed by atoms with Crippen LogP contribution in [0.2, 0.25) is 0 Å². The number of likely N-dealkylation sites (N-methyl/N-ethyl adjacent to an activating group) is 1. The standard InChI is InChI=1S/C16H26N2O3/c1-5-18(6-2)16(20)12(4)17-11-13-9-8-10-14(15(13)19)21-7-3/h8-10,12,17,19H,5-7,11H2,1-4H3. The van der Waals surface area contributed by atoms with Crippen LogP contribution in [0.5, 0.6) is 11.5 Å². The number of carbonyl (C=O) groups excluding carboxylic acids is 1. The number of benzene rings is 1. The van der Waals surface area contributed by atoms with Gasteiger partial charge in [-0.15, -0.1) is 0 Å². The van der Waals surface area contributed by atoms with E-state index in [0.29, 0.717) is 32.0 Å². The fourth-order valence-electron chi connectivity index (χ4n) is 2.14. The first-order chi connectivity index (χ1) is 10.0. The molecule has 1 aromatic carbocycles. The molecule has 118 valence electrons. The van der Waals surface area contributed by atoms with Crippen molar-refractivity contribution in [3.8, 4) is 11.5 Å². The molecule has 5 nitrogen and oxygen atoms in total. The molecule has 0 heterocycles. The van der Waals surface area contributed by atoms with E-state index < -0.39 is 0 Å². The molecule has 0 fully saturated rings. The quantitative estimate of drug-likeness (QED) is 0.771. The van der Waals surface area contributed by atoms with Gasteiger partial charge < -0.3 is 20.1 Å². The molecule has 1 atom stereocenters. The third kappa shape index (κ3) is 4.63. The van der Waals surface area contributed by atoms with Gasteiger partial charge in [-0.3, -0.25) is 4.79 Å². The van der Waals surface area contributed by atoms with Crippen LogP contribution in [-0.4, -0.2) is 41.7 Å². The molecule has 0 saturated carbocycles. The van der Waals surface area contributed by atoms with Crippen LogP contribution in [-0.2, 0) is 11.3 Å². The van der Waals surface area contributed by atoms with Crippen molar-refractivity contribution in [2.24, 2.45) is 0 Å². The van der Waals surface area contributed by atoms with E-state index in [-0.39, 0.29) is 17.7 Å². The van der Waals surface area contributed by atoms with Crippen LogP contribution in [0.3, 0.4) is 0 Å². The number of para-hydroxylation sites is 1. The van der Waals surface area contributed by atoms with E-state index in [2.05, 4.69) is 5.32 Å². The van der Waals surface area contributed by atoms with Gasteiger partial charge in [0.05, 0.1) is 12.6 Å². The second-order valence-corrected chi connectivity index (χ2v) is 4.81. The Morgan fingerprint density at radius 3 is 2.57 bits per heavy atom. The van der Waals surface area contributed by atoms with E-state index in [9.17, 15) is 9.90 Å². The van der Waals surface area contributed by atoms with Gasteiger partial charge in [0.2, 0.25) is 5.91 Å². The Labute approximate surface area is 126 Å². The summed E-state index contributed by atoms with van der Waals surface area (Å²) in [6.07, 6.45) is 0. The SMILES string of the molecule is CCOc1cccc(CNC(C)C(=O)N(CC)CC)c1O. The van der Waals surface area contributed by atoms with E-state index in [4.69, 9.17) is 4.74 Å². The highest BCUT2D eigenvalue weighted by atomic mass is 16.5. The number of phenolic OH excluding ortho intramolecular Hbond substituents is 1. The minimum atomic E-state index is -0.292. The number of aromatic hydroxyl groups is 1. The second-order valence-electron chi connectivity index (χ2n) is 4.81. The van der Waals surface area contributed by atoms with Crippen molar-refractivity contribution in [2.75, 3.05) is 19.7 Å². The first kappa shape index (κ1) is 17.3. The van der Waals surface area contributed by atoms with Crippen LogP contribution in [0.4, 0.5) is 0 Å². The summed E-state index contributed by atoms with van der Waals surface area (Å²) in [4.78, 5) is 13.9. The summed E-state index contributed by atoms with van der Waals surface area (Å²) < 4.78 is 5.35. The predicted octanol–water partition coefficient (Wildman–Crippen LogP) is 2.14. The lowest BCUT2D eigenvalue weighted by Crippen LogP contribution is -2.44. The zero-order valence-electron chi connectivity index (χ0n) is 13.3. The summed E-state index contributed by atoms with van der Waals surface area (Å²) in [5.41, 5.74) is 0.722. The molecule has 0 bridgehead atoms. The largest absolute Gasteiger partial charge is 0.504 e. The zero-order valence-corrected chi connectivity index (χ0v) is 13.3. The van der Waals surface area contributed by atoms with Gasteiger partial charge in [0.25, 0.3) is 0 Å². The van der Waals surface area contributed by atoms with Gasteiger partial charge in [0.15, 0.2) is 11.5 Å². The number of ether oxygens (including phenoxy) is 1. The van der Waals surface area contributed by atoms with E-state index in [1.54, 1.807) is 11.0 Å². The van der Waals surface area contributed by atoms with Crippen LogP contribution in [0.1, 0.15) is 33.3 Å². The molecule has 0 radical (unpaired) electrons. The van der Waals surface area contributed by atoms with Gasteiger partial charge in [-0.1, -0.05) is 12.1 Å². The molecule has 1 aromatic rings. The summed E-state index contributed by atoms with van der Waals surface area (Å²) in [6, 6.07) is 5.09. The Kier molecular flexibility index (Phi) is 7.02. The average Bonchev–Trinajstić information content (AvgIpc) is 2.49. The van der Waals surface area contributed by atoms with Crippen molar-refractivity contribution >= 4 is 5.91 Å². The smallest absolute Gasteiger partial charge is 0.239 e. The first-order valence-corrected chi connectivity index (χ1v) is 7.50. The predicted molar refractivity (Wildman–Crippen MR) is 83.5 cm³/mol. The minimum absolute atomic E-state index is 0.0699. The topological polar surface area (TPSA) is 61.8 Å². The van der Waals surface area contributed by atoms with Crippen molar-refractivity contribution in [1.29, 1.82) is 0 Å². The van der Waals surface area contributed by atoms with Gasteiger partial charge in [-0.25, -0.2) is 0 Å². The highest BCUT2D eigenvalue weighted by Gasteiger charge is 2.18. The summed E-state index contributed by atoms with van der Waals surface area (Å²) in [7, 11) is 0. The maximum atomic E-state index is 12.2. The van der Waals surface area contributed by atoms with Gasteiger partial charge in [-0.2, -0.15) is 0 Å².